The van der Waals surface area contributed by atoms with Gasteiger partial charge in [0.2, 0.25) is 0 Å². The normalized spacial score (nSPS) is 16.0. The lowest BCUT2D eigenvalue weighted by molar-refractivity contribution is 0.271. The average Bonchev–Trinajstić information content (AvgIpc) is 2.62. The second-order valence-electron chi connectivity index (χ2n) is 6.03. The molecule has 0 spiro atoms. The Morgan fingerprint density at radius 1 is 1.04 bits per heavy atom. The van der Waals surface area contributed by atoms with Gasteiger partial charge >= 0.3 is 0 Å². The van der Waals surface area contributed by atoms with Crippen molar-refractivity contribution in [3.63, 3.8) is 0 Å². The zero-order valence-electron chi connectivity index (χ0n) is 14.2. The third-order valence-electron chi connectivity index (χ3n) is 4.41. The highest BCUT2D eigenvalue weighted by Gasteiger charge is 2.17. The molecule has 2 aromatic carbocycles. The van der Waals surface area contributed by atoms with Crippen molar-refractivity contribution in [2.24, 2.45) is 0 Å². The van der Waals surface area contributed by atoms with E-state index in [0.717, 1.165) is 44.5 Å². The number of likely N-dealkylation sites (N-methyl/N-ethyl adjacent to an activating group) is 1. The van der Waals surface area contributed by atoms with E-state index >= 15 is 0 Å². The Balaban J connectivity index is 1.68. The fourth-order valence-electron chi connectivity index (χ4n) is 2.91. The fourth-order valence-corrected chi connectivity index (χ4v) is 4.00. The topological polar surface area (TPSA) is 52.6 Å². The lowest BCUT2D eigenvalue weighted by atomic mass is 10.2. The number of halogens is 1. The predicted octanol–water partition coefficient (Wildman–Crippen LogP) is 2.77. The number of rotatable bonds is 5. The van der Waals surface area contributed by atoms with Crippen molar-refractivity contribution in [2.75, 3.05) is 42.3 Å². The van der Waals surface area contributed by atoms with Crippen molar-refractivity contribution in [2.45, 2.75) is 11.8 Å². The third-order valence-corrected chi connectivity index (χ3v) is 5.79. The summed E-state index contributed by atoms with van der Waals surface area (Å²) >= 11 is 0. The first-order chi connectivity index (χ1) is 12.0. The van der Waals surface area contributed by atoms with Gasteiger partial charge in [-0.1, -0.05) is 13.0 Å². The Hall–Kier alpha value is -2.12. The summed E-state index contributed by atoms with van der Waals surface area (Å²) in [5.41, 5.74) is 1.53. The number of hydrogen-bond donors (Lipinski definition) is 1. The molecule has 2 aromatic rings. The van der Waals surface area contributed by atoms with Crippen molar-refractivity contribution in [1.29, 1.82) is 0 Å². The monoisotopic (exact) mass is 363 g/mol. The van der Waals surface area contributed by atoms with Crippen molar-refractivity contribution in [1.82, 2.24) is 4.90 Å². The zero-order chi connectivity index (χ0) is 17.9. The maximum absolute atomic E-state index is 13.2. The van der Waals surface area contributed by atoms with E-state index < -0.39 is 15.8 Å². The molecule has 3 rings (SSSR count). The number of anilines is 2. The van der Waals surface area contributed by atoms with Crippen LogP contribution in [-0.2, 0) is 10.0 Å². The minimum absolute atomic E-state index is 0.0905. The van der Waals surface area contributed by atoms with Crippen LogP contribution in [0.25, 0.3) is 0 Å². The maximum Gasteiger partial charge on any atom is 0.261 e. The van der Waals surface area contributed by atoms with Crippen LogP contribution in [0.5, 0.6) is 0 Å². The summed E-state index contributed by atoms with van der Waals surface area (Å²) in [5, 5.41) is 0. The van der Waals surface area contributed by atoms with Gasteiger partial charge < -0.3 is 9.80 Å². The first-order valence-electron chi connectivity index (χ1n) is 8.34. The highest BCUT2D eigenvalue weighted by molar-refractivity contribution is 7.92. The summed E-state index contributed by atoms with van der Waals surface area (Å²) in [7, 11) is -3.79. The van der Waals surface area contributed by atoms with E-state index in [1.54, 1.807) is 12.1 Å². The van der Waals surface area contributed by atoms with Gasteiger partial charge in [0.15, 0.2) is 0 Å². The van der Waals surface area contributed by atoms with Crippen molar-refractivity contribution in [3.05, 3.63) is 54.3 Å². The molecule has 7 heteroatoms. The van der Waals surface area contributed by atoms with Crippen molar-refractivity contribution < 1.29 is 12.8 Å². The molecule has 5 nitrogen and oxygen atoms in total. The number of nitrogens with zero attached hydrogens (tertiary/aromatic N) is 2. The first-order valence-corrected chi connectivity index (χ1v) is 9.82. The van der Waals surface area contributed by atoms with Gasteiger partial charge in [-0.3, -0.25) is 4.72 Å². The molecular weight excluding hydrogens is 341 g/mol. The van der Waals surface area contributed by atoms with Crippen LogP contribution in [0.1, 0.15) is 6.92 Å². The van der Waals surface area contributed by atoms with Gasteiger partial charge in [-0.2, -0.15) is 0 Å². The summed E-state index contributed by atoms with van der Waals surface area (Å²) in [6.45, 7) is 7.21. The molecule has 1 aliphatic rings. The Morgan fingerprint density at radius 2 is 1.72 bits per heavy atom. The molecule has 0 amide bonds. The fraction of sp³-hybridized carbons (Fsp3) is 0.333. The molecule has 1 heterocycles. The van der Waals surface area contributed by atoms with Crippen LogP contribution in [0.4, 0.5) is 15.8 Å². The predicted molar refractivity (Wildman–Crippen MR) is 98.0 cm³/mol. The summed E-state index contributed by atoms with van der Waals surface area (Å²) in [6, 6.07) is 12.2. The van der Waals surface area contributed by atoms with Gasteiger partial charge in [-0.05, 0) is 49.0 Å². The molecule has 0 aromatic heterocycles. The second kappa shape index (κ2) is 7.41. The molecule has 0 aliphatic carbocycles. The van der Waals surface area contributed by atoms with Crippen LogP contribution in [0, 0.1) is 5.82 Å². The average molecular weight is 363 g/mol. The largest absolute Gasteiger partial charge is 0.369 e. The molecule has 0 saturated carbocycles. The number of sulfonamides is 1. The summed E-state index contributed by atoms with van der Waals surface area (Å²) in [5.74, 6) is -0.579. The molecule has 1 aliphatic heterocycles. The molecule has 1 N–H and O–H groups in total. The van der Waals surface area contributed by atoms with Gasteiger partial charge in [0.05, 0.1) is 4.90 Å². The summed E-state index contributed by atoms with van der Waals surface area (Å²) in [4.78, 5) is 4.60. The number of benzene rings is 2. The minimum Gasteiger partial charge on any atom is -0.369 e. The summed E-state index contributed by atoms with van der Waals surface area (Å²) in [6.07, 6.45) is 0. The van der Waals surface area contributed by atoms with Gasteiger partial charge in [-0.15, -0.1) is 0 Å². The zero-order valence-corrected chi connectivity index (χ0v) is 15.0. The molecular formula is C18H22FN3O2S. The van der Waals surface area contributed by atoms with Crippen LogP contribution in [-0.4, -0.2) is 46.0 Å². The van der Waals surface area contributed by atoms with E-state index in [4.69, 9.17) is 0 Å². The van der Waals surface area contributed by atoms with Crippen LogP contribution < -0.4 is 9.62 Å². The lowest BCUT2D eigenvalue weighted by Crippen LogP contribution is -2.46. The van der Waals surface area contributed by atoms with E-state index in [2.05, 4.69) is 21.4 Å². The second-order valence-corrected chi connectivity index (χ2v) is 7.71. The van der Waals surface area contributed by atoms with Gasteiger partial charge in [0, 0.05) is 37.6 Å². The Kier molecular flexibility index (Phi) is 5.24. The van der Waals surface area contributed by atoms with Crippen LogP contribution in [0.2, 0.25) is 0 Å². The molecule has 0 bridgehead atoms. The Labute approximate surface area is 148 Å². The van der Waals surface area contributed by atoms with E-state index in [9.17, 15) is 12.8 Å². The molecule has 1 fully saturated rings. The van der Waals surface area contributed by atoms with E-state index in [-0.39, 0.29) is 4.90 Å². The smallest absolute Gasteiger partial charge is 0.261 e. The van der Waals surface area contributed by atoms with Gasteiger partial charge in [-0.25, -0.2) is 12.8 Å². The van der Waals surface area contributed by atoms with Crippen LogP contribution in [0.3, 0.4) is 0 Å². The number of nitrogens with one attached hydrogen (secondary N) is 1. The number of piperazine rings is 1. The van der Waals surface area contributed by atoms with Crippen molar-refractivity contribution in [3.8, 4) is 0 Å². The Bertz CT molecular complexity index is 816. The molecule has 0 radical (unpaired) electrons. The van der Waals surface area contributed by atoms with Crippen LogP contribution >= 0.6 is 0 Å². The lowest BCUT2D eigenvalue weighted by Gasteiger charge is -2.35. The highest BCUT2D eigenvalue weighted by Crippen LogP contribution is 2.22. The highest BCUT2D eigenvalue weighted by atomic mass is 32.2. The van der Waals surface area contributed by atoms with Gasteiger partial charge in [0.25, 0.3) is 10.0 Å². The van der Waals surface area contributed by atoms with Gasteiger partial charge in [0.1, 0.15) is 5.82 Å². The van der Waals surface area contributed by atoms with E-state index in [1.165, 1.54) is 18.2 Å². The first kappa shape index (κ1) is 17.7. The molecule has 25 heavy (non-hydrogen) atoms. The summed E-state index contributed by atoms with van der Waals surface area (Å²) < 4.78 is 40.4. The van der Waals surface area contributed by atoms with E-state index in [1.807, 2.05) is 12.1 Å². The number of hydrogen-bond acceptors (Lipinski definition) is 4. The quantitative estimate of drug-likeness (QED) is 0.888. The van der Waals surface area contributed by atoms with E-state index in [0.29, 0.717) is 5.69 Å². The molecule has 134 valence electrons. The standard InChI is InChI=1S/C18H22FN3O2S/c1-2-21-10-12-22(13-11-21)17-8-6-16(7-9-17)20-25(23,24)18-5-3-4-15(19)14-18/h3-9,14,20H,2,10-13H2,1H3. The Morgan fingerprint density at radius 3 is 2.32 bits per heavy atom. The SMILES string of the molecule is CCN1CCN(c2ccc(NS(=O)(=O)c3cccc(F)c3)cc2)CC1. The molecule has 0 unspecified atom stereocenters. The van der Waals surface area contributed by atoms with Crippen LogP contribution in [0.15, 0.2) is 53.4 Å². The third kappa shape index (κ3) is 4.29. The molecule has 1 saturated heterocycles. The maximum atomic E-state index is 13.2. The van der Waals surface area contributed by atoms with Crippen molar-refractivity contribution >= 4 is 21.4 Å². The minimum atomic E-state index is -3.79. The molecule has 0 atom stereocenters.